The van der Waals surface area contributed by atoms with E-state index in [0.717, 1.165) is 18.4 Å². The van der Waals surface area contributed by atoms with Crippen LogP contribution < -0.4 is 0 Å². The van der Waals surface area contributed by atoms with Crippen molar-refractivity contribution in [2.45, 2.75) is 57.8 Å². The summed E-state index contributed by atoms with van der Waals surface area (Å²) >= 11 is 0. The van der Waals surface area contributed by atoms with Crippen molar-refractivity contribution in [1.82, 2.24) is 0 Å². The first kappa shape index (κ1) is 14.5. The highest BCUT2D eigenvalue weighted by molar-refractivity contribution is 6.60. The Hall–Kier alpha value is 0.0569. The molecule has 3 atom stereocenters. The second-order valence-electron chi connectivity index (χ2n) is 5.18. The molecule has 2 aliphatic rings. The first-order chi connectivity index (χ1) is 8.73. The summed E-state index contributed by atoms with van der Waals surface area (Å²) in [5.74, 6) is 0.761. The van der Waals surface area contributed by atoms with E-state index in [1.165, 1.54) is 19.3 Å². The third-order valence-electron chi connectivity index (χ3n) is 4.01. The summed E-state index contributed by atoms with van der Waals surface area (Å²) in [5.41, 5.74) is 0. The smallest absolute Gasteiger partial charge is 0.377 e. The maximum atomic E-state index is 5.81. The molecular weight excluding hydrogens is 248 g/mol. The van der Waals surface area contributed by atoms with Crippen LogP contribution in [0.25, 0.3) is 0 Å². The summed E-state index contributed by atoms with van der Waals surface area (Å²) in [4.78, 5) is 0. The number of hydrogen-bond donors (Lipinski definition) is 0. The van der Waals surface area contributed by atoms with Crippen LogP contribution in [0.15, 0.2) is 0 Å². The van der Waals surface area contributed by atoms with E-state index >= 15 is 0 Å². The second-order valence-corrected chi connectivity index (χ2v) is 8.04. The largest absolute Gasteiger partial charge is 0.500 e. The van der Waals surface area contributed by atoms with E-state index in [9.17, 15) is 0 Å². The van der Waals surface area contributed by atoms with Crippen molar-refractivity contribution in [3.05, 3.63) is 0 Å². The van der Waals surface area contributed by atoms with Crippen LogP contribution >= 0.6 is 0 Å². The van der Waals surface area contributed by atoms with Crippen molar-refractivity contribution < 1.29 is 18.0 Å². The van der Waals surface area contributed by atoms with Crippen LogP contribution in [0, 0.1) is 5.92 Å². The van der Waals surface area contributed by atoms with E-state index < -0.39 is 8.80 Å². The lowest BCUT2D eigenvalue weighted by atomic mass is 9.88. The lowest BCUT2D eigenvalue weighted by Crippen LogP contribution is -2.45. The zero-order chi connectivity index (χ0) is 13.0. The molecule has 0 N–H and O–H groups in total. The van der Waals surface area contributed by atoms with E-state index in [1.54, 1.807) is 7.11 Å². The number of epoxide rings is 1. The number of rotatable bonds is 8. The van der Waals surface area contributed by atoms with E-state index in [1.807, 2.05) is 13.8 Å². The Kier molecular flexibility index (Phi) is 5.21. The molecule has 106 valence electrons. The molecule has 2 fully saturated rings. The summed E-state index contributed by atoms with van der Waals surface area (Å²) in [6.07, 6.45) is 6.03. The molecule has 5 heteroatoms. The van der Waals surface area contributed by atoms with Gasteiger partial charge in [0, 0.05) is 26.4 Å². The lowest BCUT2D eigenvalue weighted by Gasteiger charge is -2.29. The van der Waals surface area contributed by atoms with Gasteiger partial charge in [-0.1, -0.05) is 0 Å². The average Bonchev–Trinajstić information content (AvgIpc) is 3.15. The third-order valence-corrected chi connectivity index (χ3v) is 6.99. The van der Waals surface area contributed by atoms with Gasteiger partial charge in [0.2, 0.25) is 0 Å². The van der Waals surface area contributed by atoms with Crippen molar-refractivity contribution in [3.63, 3.8) is 0 Å². The SMILES string of the molecule is CCO[Si](CCC1CCC2OC2C1)(OC)OCC. The van der Waals surface area contributed by atoms with Crippen molar-refractivity contribution >= 4 is 8.80 Å². The average molecular weight is 274 g/mol. The van der Waals surface area contributed by atoms with Gasteiger partial charge < -0.3 is 18.0 Å². The first-order valence-electron chi connectivity index (χ1n) is 7.21. The molecule has 1 aliphatic carbocycles. The summed E-state index contributed by atoms with van der Waals surface area (Å²) in [6, 6.07) is 0.938. The quantitative estimate of drug-likeness (QED) is 0.504. The fourth-order valence-electron chi connectivity index (χ4n) is 2.98. The number of ether oxygens (including phenoxy) is 1. The molecule has 0 spiro atoms. The Morgan fingerprint density at radius 2 is 1.83 bits per heavy atom. The fraction of sp³-hybridized carbons (Fsp3) is 1.00. The van der Waals surface area contributed by atoms with Crippen molar-refractivity contribution in [2.24, 2.45) is 5.92 Å². The molecule has 18 heavy (non-hydrogen) atoms. The van der Waals surface area contributed by atoms with Gasteiger partial charge in [0.05, 0.1) is 12.2 Å². The molecule has 0 aromatic carbocycles. The van der Waals surface area contributed by atoms with Gasteiger partial charge >= 0.3 is 8.80 Å². The highest BCUT2D eigenvalue weighted by Crippen LogP contribution is 2.41. The molecule has 0 bridgehead atoms. The Labute approximate surface area is 111 Å². The van der Waals surface area contributed by atoms with Gasteiger partial charge in [-0.15, -0.1) is 0 Å². The van der Waals surface area contributed by atoms with Crippen LogP contribution in [0.2, 0.25) is 6.04 Å². The monoisotopic (exact) mass is 274 g/mol. The molecule has 1 heterocycles. The molecule has 2 rings (SSSR count). The molecule has 4 nitrogen and oxygen atoms in total. The highest BCUT2D eigenvalue weighted by atomic mass is 28.4. The van der Waals surface area contributed by atoms with Crippen LogP contribution in [0.1, 0.15) is 39.5 Å². The van der Waals surface area contributed by atoms with Gasteiger partial charge in [-0.05, 0) is 45.4 Å². The molecule has 1 saturated carbocycles. The van der Waals surface area contributed by atoms with E-state index in [2.05, 4.69) is 0 Å². The zero-order valence-corrected chi connectivity index (χ0v) is 12.8. The van der Waals surface area contributed by atoms with E-state index in [-0.39, 0.29) is 0 Å². The molecular formula is C13H26O4Si. The van der Waals surface area contributed by atoms with Gasteiger partial charge in [-0.3, -0.25) is 0 Å². The molecule has 0 radical (unpaired) electrons. The molecule has 0 aromatic rings. The normalized spacial score (nSPS) is 31.2. The molecule has 1 aliphatic heterocycles. The minimum atomic E-state index is -2.40. The Morgan fingerprint density at radius 3 is 2.39 bits per heavy atom. The zero-order valence-electron chi connectivity index (χ0n) is 11.8. The minimum absolute atomic E-state index is 0.557. The number of fused-ring (bicyclic) bond motifs is 1. The van der Waals surface area contributed by atoms with Crippen molar-refractivity contribution in [3.8, 4) is 0 Å². The topological polar surface area (TPSA) is 40.2 Å². The fourth-order valence-corrected chi connectivity index (χ4v) is 5.43. The Morgan fingerprint density at radius 1 is 1.11 bits per heavy atom. The Balaban J connectivity index is 1.79. The maximum absolute atomic E-state index is 5.81. The van der Waals surface area contributed by atoms with E-state index in [0.29, 0.717) is 25.4 Å². The summed E-state index contributed by atoms with van der Waals surface area (Å²) in [5, 5.41) is 0. The highest BCUT2D eigenvalue weighted by Gasteiger charge is 2.45. The van der Waals surface area contributed by atoms with Gasteiger partial charge in [0.25, 0.3) is 0 Å². The molecule has 0 amide bonds. The first-order valence-corrected chi connectivity index (χ1v) is 9.14. The summed E-state index contributed by atoms with van der Waals surface area (Å²) < 4.78 is 22.8. The second kappa shape index (κ2) is 6.48. The van der Waals surface area contributed by atoms with Crippen molar-refractivity contribution in [2.75, 3.05) is 20.3 Å². The number of hydrogen-bond acceptors (Lipinski definition) is 4. The third kappa shape index (κ3) is 3.54. The predicted octanol–water partition coefficient (Wildman–Crippen LogP) is 2.60. The van der Waals surface area contributed by atoms with Crippen LogP contribution in [0.5, 0.6) is 0 Å². The van der Waals surface area contributed by atoms with Gasteiger partial charge in [-0.2, -0.15) is 0 Å². The summed E-state index contributed by atoms with van der Waals surface area (Å²) in [7, 11) is -0.682. The van der Waals surface area contributed by atoms with Crippen LogP contribution in [0.3, 0.4) is 0 Å². The van der Waals surface area contributed by atoms with E-state index in [4.69, 9.17) is 18.0 Å². The minimum Gasteiger partial charge on any atom is -0.377 e. The van der Waals surface area contributed by atoms with Crippen LogP contribution in [-0.2, 0) is 18.0 Å². The van der Waals surface area contributed by atoms with Gasteiger partial charge in [0.15, 0.2) is 0 Å². The molecule has 3 unspecified atom stereocenters. The summed E-state index contributed by atoms with van der Waals surface area (Å²) in [6.45, 7) is 5.34. The van der Waals surface area contributed by atoms with Crippen LogP contribution in [0.4, 0.5) is 0 Å². The Bertz CT molecular complexity index is 255. The van der Waals surface area contributed by atoms with Crippen molar-refractivity contribution in [1.29, 1.82) is 0 Å². The van der Waals surface area contributed by atoms with Gasteiger partial charge in [0.1, 0.15) is 0 Å². The molecule has 1 saturated heterocycles. The molecule has 0 aromatic heterocycles. The van der Waals surface area contributed by atoms with Gasteiger partial charge in [-0.25, -0.2) is 0 Å². The van der Waals surface area contributed by atoms with Crippen LogP contribution in [-0.4, -0.2) is 41.3 Å². The standard InChI is InChI=1S/C13H26O4Si/c1-4-15-18(14-3,16-5-2)9-8-11-6-7-12-13(10-11)17-12/h11-13H,4-10H2,1-3H3. The predicted molar refractivity (Wildman–Crippen MR) is 71.4 cm³/mol. The lowest BCUT2D eigenvalue weighted by molar-refractivity contribution is 0.0842. The maximum Gasteiger partial charge on any atom is 0.500 e.